The Kier molecular flexibility index (Phi) is 5.41. The van der Waals surface area contributed by atoms with Gasteiger partial charge in [0.15, 0.2) is 0 Å². The van der Waals surface area contributed by atoms with Crippen molar-refractivity contribution in [3.05, 3.63) is 0 Å². The van der Waals surface area contributed by atoms with E-state index >= 15 is 0 Å². The minimum Gasteiger partial charge on any atom is -0.299 e. The van der Waals surface area contributed by atoms with Gasteiger partial charge in [0.1, 0.15) is 5.78 Å². The fourth-order valence-corrected chi connectivity index (χ4v) is 3.78. The van der Waals surface area contributed by atoms with Crippen LogP contribution < -0.4 is 0 Å². The van der Waals surface area contributed by atoms with Crippen LogP contribution in [0.15, 0.2) is 0 Å². The summed E-state index contributed by atoms with van der Waals surface area (Å²) in [5, 5.41) is 0. The van der Waals surface area contributed by atoms with Gasteiger partial charge in [-0.1, -0.05) is 27.7 Å². The zero-order chi connectivity index (χ0) is 16.4. The first-order valence-electron chi connectivity index (χ1n) is 8.69. The molecule has 0 spiro atoms. The molecule has 0 unspecified atom stereocenters. The summed E-state index contributed by atoms with van der Waals surface area (Å²) in [6, 6.07) is 0. The van der Waals surface area contributed by atoms with E-state index in [4.69, 9.17) is 0 Å². The summed E-state index contributed by atoms with van der Waals surface area (Å²) in [6.45, 7) is 8.48. The molecule has 0 radical (unpaired) electrons. The highest BCUT2D eigenvalue weighted by Crippen LogP contribution is 2.34. The number of nitrogens with zero attached hydrogens (tertiary/aromatic N) is 1. The Morgan fingerprint density at radius 2 is 1.68 bits per heavy atom. The van der Waals surface area contributed by atoms with Crippen molar-refractivity contribution in [3.63, 3.8) is 0 Å². The van der Waals surface area contributed by atoms with Gasteiger partial charge in [0, 0.05) is 30.7 Å². The lowest BCUT2D eigenvalue weighted by Crippen LogP contribution is -2.37. The van der Waals surface area contributed by atoms with E-state index in [9.17, 15) is 14.4 Å². The fraction of sp³-hybridized carbons (Fsp3) is 0.833. The molecule has 2 aliphatic rings. The largest absolute Gasteiger partial charge is 0.299 e. The van der Waals surface area contributed by atoms with Gasteiger partial charge in [-0.2, -0.15) is 0 Å². The Morgan fingerprint density at radius 1 is 1.09 bits per heavy atom. The van der Waals surface area contributed by atoms with Gasteiger partial charge >= 0.3 is 0 Å². The molecule has 0 aromatic carbocycles. The molecule has 1 saturated carbocycles. The van der Waals surface area contributed by atoms with Gasteiger partial charge in [-0.15, -0.1) is 0 Å². The van der Waals surface area contributed by atoms with Crippen LogP contribution in [0, 0.1) is 29.6 Å². The summed E-state index contributed by atoms with van der Waals surface area (Å²) in [4.78, 5) is 38.0. The summed E-state index contributed by atoms with van der Waals surface area (Å²) < 4.78 is 0. The van der Waals surface area contributed by atoms with Gasteiger partial charge in [-0.25, -0.2) is 0 Å². The third-order valence-electron chi connectivity index (χ3n) is 5.34. The predicted molar refractivity (Wildman–Crippen MR) is 85.0 cm³/mol. The zero-order valence-electron chi connectivity index (χ0n) is 14.3. The third-order valence-corrected chi connectivity index (χ3v) is 5.34. The molecule has 1 saturated heterocycles. The van der Waals surface area contributed by atoms with E-state index in [1.807, 2.05) is 27.7 Å². The number of imide groups is 1. The lowest BCUT2D eigenvalue weighted by atomic mass is 9.77. The number of carbonyl (C=O) groups is 3. The minimum absolute atomic E-state index is 0.0101. The molecule has 2 fully saturated rings. The number of hydrogen-bond donors (Lipinski definition) is 0. The topological polar surface area (TPSA) is 54.5 Å². The zero-order valence-corrected chi connectivity index (χ0v) is 14.3. The van der Waals surface area contributed by atoms with Crippen molar-refractivity contribution < 1.29 is 14.4 Å². The summed E-state index contributed by atoms with van der Waals surface area (Å²) in [5.74, 6) is 1.12. The molecule has 1 heterocycles. The van der Waals surface area contributed by atoms with Crippen LogP contribution in [-0.4, -0.2) is 29.0 Å². The average Bonchev–Trinajstić information content (AvgIpc) is 2.75. The first-order valence-corrected chi connectivity index (χ1v) is 8.69. The van der Waals surface area contributed by atoms with E-state index < -0.39 is 0 Å². The molecule has 1 aliphatic heterocycles. The smallest absolute Gasteiger partial charge is 0.233 e. The Morgan fingerprint density at radius 3 is 2.14 bits per heavy atom. The van der Waals surface area contributed by atoms with Crippen LogP contribution in [0.4, 0.5) is 0 Å². The van der Waals surface area contributed by atoms with E-state index in [2.05, 4.69) is 0 Å². The first-order chi connectivity index (χ1) is 10.3. The molecule has 0 aromatic heterocycles. The number of Topliss-reactive ketones (excluding diaryl/α,β-unsaturated/α-hetero) is 1. The van der Waals surface area contributed by atoms with Crippen LogP contribution in [-0.2, 0) is 14.4 Å². The van der Waals surface area contributed by atoms with E-state index in [-0.39, 0.29) is 35.5 Å². The van der Waals surface area contributed by atoms with Crippen molar-refractivity contribution >= 4 is 17.6 Å². The molecule has 4 heteroatoms. The Hall–Kier alpha value is -1.19. The van der Waals surface area contributed by atoms with Crippen LogP contribution in [0.5, 0.6) is 0 Å². The van der Waals surface area contributed by atoms with Crippen molar-refractivity contribution in [2.75, 3.05) is 6.54 Å². The van der Waals surface area contributed by atoms with E-state index in [0.717, 1.165) is 25.7 Å². The lowest BCUT2D eigenvalue weighted by Gasteiger charge is -2.30. The number of amides is 2. The number of ketones is 1. The molecular formula is C18H29NO3. The summed E-state index contributed by atoms with van der Waals surface area (Å²) >= 11 is 0. The summed E-state index contributed by atoms with van der Waals surface area (Å²) in [7, 11) is 0. The highest BCUT2D eigenvalue weighted by Gasteiger charge is 2.41. The Balaban J connectivity index is 1.87. The van der Waals surface area contributed by atoms with Crippen LogP contribution >= 0.6 is 0 Å². The normalized spacial score (nSPS) is 29.7. The third kappa shape index (κ3) is 3.58. The van der Waals surface area contributed by atoms with Gasteiger partial charge in [-0.3, -0.25) is 19.3 Å². The van der Waals surface area contributed by atoms with E-state index in [0.29, 0.717) is 24.7 Å². The lowest BCUT2D eigenvalue weighted by molar-refractivity contribution is -0.141. The second kappa shape index (κ2) is 6.93. The maximum Gasteiger partial charge on any atom is 0.233 e. The summed E-state index contributed by atoms with van der Waals surface area (Å²) in [6.07, 6.45) is 4.09. The predicted octanol–water partition coefficient (Wildman–Crippen LogP) is 3.05. The van der Waals surface area contributed by atoms with Crippen molar-refractivity contribution in [1.82, 2.24) is 4.90 Å². The average molecular weight is 307 g/mol. The van der Waals surface area contributed by atoms with Crippen molar-refractivity contribution in [1.29, 1.82) is 0 Å². The van der Waals surface area contributed by atoms with Gasteiger partial charge < -0.3 is 0 Å². The maximum atomic E-state index is 12.3. The Bertz CT molecular complexity index is 447. The highest BCUT2D eigenvalue weighted by molar-refractivity contribution is 6.03. The number of carbonyl (C=O) groups excluding carboxylic acids is 3. The molecular weight excluding hydrogens is 278 g/mol. The van der Waals surface area contributed by atoms with Crippen LogP contribution in [0.25, 0.3) is 0 Å². The van der Waals surface area contributed by atoms with E-state index in [1.54, 1.807) is 0 Å². The number of rotatable bonds is 5. The maximum absolute atomic E-state index is 12.3. The van der Waals surface area contributed by atoms with Crippen molar-refractivity contribution in [2.24, 2.45) is 29.6 Å². The van der Waals surface area contributed by atoms with Crippen molar-refractivity contribution in [3.8, 4) is 0 Å². The quantitative estimate of drug-likeness (QED) is 0.734. The molecule has 1 atom stereocenters. The van der Waals surface area contributed by atoms with E-state index in [1.165, 1.54) is 4.90 Å². The molecule has 2 amide bonds. The SMILES string of the molecule is CC(C)C(=O)C1CCC(CN2C(=O)C[C@H](C(C)C)C2=O)CC1. The summed E-state index contributed by atoms with van der Waals surface area (Å²) in [5.41, 5.74) is 0. The van der Waals surface area contributed by atoms with Crippen molar-refractivity contribution in [2.45, 2.75) is 59.8 Å². The molecule has 2 rings (SSSR count). The molecule has 1 aliphatic carbocycles. The second-order valence-electron chi connectivity index (χ2n) is 7.67. The molecule has 22 heavy (non-hydrogen) atoms. The van der Waals surface area contributed by atoms with Gasteiger partial charge in [0.25, 0.3) is 0 Å². The van der Waals surface area contributed by atoms with Crippen LogP contribution in [0.2, 0.25) is 0 Å². The number of hydrogen-bond acceptors (Lipinski definition) is 3. The Labute approximate surface area is 133 Å². The van der Waals surface area contributed by atoms with Gasteiger partial charge in [0.05, 0.1) is 0 Å². The molecule has 0 bridgehead atoms. The molecule has 0 aromatic rings. The minimum atomic E-state index is -0.133. The monoisotopic (exact) mass is 307 g/mol. The molecule has 4 nitrogen and oxygen atoms in total. The first kappa shape index (κ1) is 17.2. The van der Waals surface area contributed by atoms with Crippen LogP contribution in [0.1, 0.15) is 59.8 Å². The van der Waals surface area contributed by atoms with Crippen LogP contribution in [0.3, 0.4) is 0 Å². The molecule has 0 N–H and O–H groups in total. The standard InChI is InChI=1S/C18H29NO3/c1-11(2)15-9-16(20)19(18(15)22)10-13-5-7-14(8-6-13)17(21)12(3)4/h11-15H,5-10H2,1-4H3/t13?,14?,15-/m1/s1. The highest BCUT2D eigenvalue weighted by atomic mass is 16.2. The fourth-order valence-electron chi connectivity index (χ4n) is 3.78. The number of likely N-dealkylation sites (tertiary alicyclic amines) is 1. The van der Waals surface area contributed by atoms with Gasteiger partial charge in [-0.05, 0) is 37.5 Å². The van der Waals surface area contributed by atoms with Gasteiger partial charge in [0.2, 0.25) is 11.8 Å². The molecule has 124 valence electrons. The second-order valence-corrected chi connectivity index (χ2v) is 7.67.